The molecule has 5 heteroatoms. The Labute approximate surface area is 140 Å². The topological polar surface area (TPSA) is 87.5 Å². The molecule has 2 aliphatic carbocycles. The first-order chi connectivity index (χ1) is 11.1. The van der Waals surface area contributed by atoms with Crippen LogP contribution in [0.1, 0.15) is 59.8 Å². The van der Waals surface area contributed by atoms with Crippen LogP contribution in [0.4, 0.5) is 0 Å². The molecule has 0 spiro atoms. The maximum atomic E-state index is 12.7. The number of Topliss-reactive ketones (excluding diaryl/α,β-unsaturated/α-hetero) is 2. The van der Waals surface area contributed by atoms with Crippen molar-refractivity contribution in [3.8, 4) is 0 Å². The predicted molar refractivity (Wildman–Crippen MR) is 89.3 cm³/mol. The molecule has 0 unspecified atom stereocenters. The Balaban J connectivity index is 2.22. The number of aliphatic hydroxyl groups excluding tert-OH is 2. The Morgan fingerprint density at radius 3 is 1.58 bits per heavy atom. The van der Waals surface area contributed by atoms with Crippen LogP contribution in [0.25, 0.3) is 0 Å². The maximum absolute atomic E-state index is 12.7. The number of pyridine rings is 1. The molecule has 1 heterocycles. The van der Waals surface area contributed by atoms with Crippen LogP contribution in [0.3, 0.4) is 0 Å². The van der Waals surface area contributed by atoms with Crippen molar-refractivity contribution >= 4 is 11.6 Å². The molecule has 0 atom stereocenters. The standard InChI is InChI=1S/C19H21NO4/c1-18(2)6-14-10(16(23)12(18)8-21)5-11-15(20-14)7-19(3,4)13(9-22)17(11)24/h5,8-9,21-22H,6-7H2,1-4H3/b12-8-,13-9-. The van der Waals surface area contributed by atoms with E-state index in [4.69, 9.17) is 0 Å². The molecule has 0 fully saturated rings. The quantitative estimate of drug-likeness (QED) is 0.562. The third kappa shape index (κ3) is 2.19. The molecule has 0 aromatic carbocycles. The molecule has 0 amide bonds. The van der Waals surface area contributed by atoms with Crippen LogP contribution in [0.5, 0.6) is 0 Å². The van der Waals surface area contributed by atoms with Crippen LogP contribution >= 0.6 is 0 Å². The molecule has 2 aliphatic rings. The van der Waals surface area contributed by atoms with Crippen molar-refractivity contribution in [1.82, 2.24) is 4.98 Å². The number of fused-ring (bicyclic) bond motifs is 2. The number of rotatable bonds is 0. The molecule has 24 heavy (non-hydrogen) atoms. The lowest BCUT2D eigenvalue weighted by atomic mass is 9.69. The predicted octanol–water partition coefficient (Wildman–Crippen LogP) is 3.50. The molecule has 0 saturated carbocycles. The van der Waals surface area contributed by atoms with Gasteiger partial charge in [0, 0.05) is 33.1 Å². The van der Waals surface area contributed by atoms with Crippen LogP contribution in [0.2, 0.25) is 0 Å². The molecule has 0 radical (unpaired) electrons. The summed E-state index contributed by atoms with van der Waals surface area (Å²) < 4.78 is 0. The zero-order valence-corrected chi connectivity index (χ0v) is 14.3. The van der Waals surface area contributed by atoms with E-state index in [2.05, 4.69) is 4.98 Å². The fourth-order valence-corrected chi connectivity index (χ4v) is 3.66. The van der Waals surface area contributed by atoms with Gasteiger partial charge >= 0.3 is 0 Å². The van der Waals surface area contributed by atoms with Crippen molar-refractivity contribution in [2.75, 3.05) is 0 Å². The summed E-state index contributed by atoms with van der Waals surface area (Å²) in [4.78, 5) is 30.0. The monoisotopic (exact) mass is 327 g/mol. The van der Waals surface area contributed by atoms with E-state index >= 15 is 0 Å². The van der Waals surface area contributed by atoms with Gasteiger partial charge in [0.2, 0.25) is 0 Å². The van der Waals surface area contributed by atoms with Crippen LogP contribution in [-0.2, 0) is 12.8 Å². The van der Waals surface area contributed by atoms with E-state index in [9.17, 15) is 19.8 Å². The van der Waals surface area contributed by atoms with E-state index < -0.39 is 10.8 Å². The summed E-state index contributed by atoms with van der Waals surface area (Å²) in [6, 6.07) is 1.57. The Hall–Kier alpha value is -2.43. The molecule has 126 valence electrons. The average Bonchev–Trinajstić information content (AvgIpc) is 2.45. The highest BCUT2D eigenvalue weighted by atomic mass is 16.2. The maximum Gasteiger partial charge on any atom is 0.194 e. The van der Waals surface area contributed by atoms with Gasteiger partial charge in [-0.15, -0.1) is 0 Å². The normalized spacial score (nSPS) is 24.8. The lowest BCUT2D eigenvalue weighted by Crippen LogP contribution is -2.35. The fraction of sp³-hybridized carbons (Fsp3) is 0.421. The summed E-state index contributed by atoms with van der Waals surface area (Å²) in [5, 5.41) is 18.9. The highest BCUT2D eigenvalue weighted by Crippen LogP contribution is 2.42. The SMILES string of the molecule is CC1(C)Cc2nc3c(cc2C(=O)/C1=C/O)C(=O)/C(=C/O)C(C)(C)C3. The average molecular weight is 327 g/mol. The number of carbonyl (C=O) groups is 2. The second-order valence-corrected chi connectivity index (χ2v) is 7.84. The number of nitrogens with zero attached hydrogens (tertiary/aromatic N) is 1. The summed E-state index contributed by atoms with van der Waals surface area (Å²) >= 11 is 0. The van der Waals surface area contributed by atoms with Crippen molar-refractivity contribution in [3.05, 3.63) is 52.3 Å². The summed E-state index contributed by atoms with van der Waals surface area (Å²) in [7, 11) is 0. The van der Waals surface area contributed by atoms with Crippen LogP contribution in [0.15, 0.2) is 29.7 Å². The zero-order valence-electron chi connectivity index (χ0n) is 14.3. The smallest absolute Gasteiger partial charge is 0.194 e. The van der Waals surface area contributed by atoms with Gasteiger partial charge in [0.05, 0.1) is 23.9 Å². The number of carbonyl (C=O) groups excluding carboxylic acids is 2. The van der Waals surface area contributed by atoms with Crippen LogP contribution in [0, 0.1) is 10.8 Å². The van der Waals surface area contributed by atoms with Crippen molar-refractivity contribution in [2.24, 2.45) is 10.8 Å². The van der Waals surface area contributed by atoms with Gasteiger partial charge in [-0.2, -0.15) is 0 Å². The number of ketones is 2. The fourth-order valence-electron chi connectivity index (χ4n) is 3.66. The highest BCUT2D eigenvalue weighted by Gasteiger charge is 2.42. The third-order valence-corrected chi connectivity index (χ3v) is 5.09. The Bertz CT molecular complexity index is 763. The Morgan fingerprint density at radius 1 is 0.875 bits per heavy atom. The second kappa shape index (κ2) is 5.03. The molecule has 1 aromatic rings. The lowest BCUT2D eigenvalue weighted by molar-refractivity contribution is 0.0987. The lowest BCUT2D eigenvalue weighted by Gasteiger charge is -2.35. The van der Waals surface area contributed by atoms with Crippen molar-refractivity contribution < 1.29 is 19.8 Å². The number of hydrogen-bond donors (Lipinski definition) is 2. The van der Waals surface area contributed by atoms with Gasteiger partial charge in [-0.1, -0.05) is 27.7 Å². The molecule has 5 nitrogen and oxygen atoms in total. The first kappa shape index (κ1) is 16.4. The summed E-state index contributed by atoms with van der Waals surface area (Å²) in [5.74, 6) is -0.600. The van der Waals surface area contributed by atoms with Crippen LogP contribution < -0.4 is 0 Å². The number of aromatic nitrogens is 1. The number of aliphatic hydroxyl groups is 2. The summed E-state index contributed by atoms with van der Waals surface area (Å²) in [6.45, 7) is 7.55. The molecule has 0 saturated heterocycles. The zero-order chi connectivity index (χ0) is 17.9. The van der Waals surface area contributed by atoms with Gasteiger partial charge in [-0.3, -0.25) is 14.6 Å². The number of hydrogen-bond acceptors (Lipinski definition) is 5. The molecule has 2 N–H and O–H groups in total. The third-order valence-electron chi connectivity index (χ3n) is 5.09. The van der Waals surface area contributed by atoms with E-state index in [1.807, 2.05) is 27.7 Å². The van der Waals surface area contributed by atoms with Crippen molar-refractivity contribution in [2.45, 2.75) is 40.5 Å². The van der Waals surface area contributed by atoms with E-state index in [1.54, 1.807) is 6.07 Å². The summed E-state index contributed by atoms with van der Waals surface area (Å²) in [6.07, 6.45) is 2.75. The molecule has 0 aliphatic heterocycles. The van der Waals surface area contributed by atoms with Crippen molar-refractivity contribution in [1.29, 1.82) is 0 Å². The van der Waals surface area contributed by atoms with Gasteiger partial charge in [0.25, 0.3) is 0 Å². The van der Waals surface area contributed by atoms with E-state index in [0.717, 1.165) is 12.5 Å². The minimum Gasteiger partial charge on any atom is -0.515 e. The minimum atomic E-state index is -0.509. The molecular weight excluding hydrogens is 306 g/mol. The van der Waals surface area contributed by atoms with Gasteiger partial charge in [-0.25, -0.2) is 0 Å². The van der Waals surface area contributed by atoms with E-state index in [1.165, 1.54) is 0 Å². The Morgan fingerprint density at radius 2 is 1.25 bits per heavy atom. The molecule has 0 bridgehead atoms. The highest BCUT2D eigenvalue weighted by molar-refractivity contribution is 6.15. The van der Waals surface area contributed by atoms with Gasteiger partial charge < -0.3 is 10.2 Å². The molecule has 1 aromatic heterocycles. The van der Waals surface area contributed by atoms with Gasteiger partial charge in [0.15, 0.2) is 11.6 Å². The summed E-state index contributed by atoms with van der Waals surface area (Å²) in [5.41, 5.74) is 1.66. The molecule has 3 rings (SSSR count). The second-order valence-electron chi connectivity index (χ2n) is 7.84. The first-order valence-electron chi connectivity index (χ1n) is 7.94. The van der Waals surface area contributed by atoms with Crippen LogP contribution in [-0.4, -0.2) is 26.8 Å². The number of allylic oxidation sites excluding steroid dienone is 2. The van der Waals surface area contributed by atoms with E-state index in [-0.39, 0.29) is 11.6 Å². The van der Waals surface area contributed by atoms with Crippen molar-refractivity contribution in [3.63, 3.8) is 0 Å². The largest absolute Gasteiger partial charge is 0.515 e. The first-order valence-corrected chi connectivity index (χ1v) is 7.94. The van der Waals surface area contributed by atoms with E-state index in [0.29, 0.717) is 46.5 Å². The van der Waals surface area contributed by atoms with Gasteiger partial charge in [-0.05, 0) is 18.9 Å². The minimum absolute atomic E-state index is 0.300. The molecular formula is C19H21NO4. The Kier molecular flexibility index (Phi) is 3.44. The van der Waals surface area contributed by atoms with Gasteiger partial charge in [0.1, 0.15) is 0 Å².